The number of pyridine rings is 1. The molecular weight excluding hydrogens is 334 g/mol. The molecule has 7 nitrogen and oxygen atoms in total. The molecule has 1 aliphatic rings. The molecule has 3 aromatic rings. The molecule has 1 aliphatic heterocycles. The number of benzene rings is 1. The Labute approximate surface area is 150 Å². The molecule has 1 amide bonds. The summed E-state index contributed by atoms with van der Waals surface area (Å²) in [6, 6.07) is 11.1. The third-order valence-electron chi connectivity index (χ3n) is 3.94. The van der Waals surface area contributed by atoms with Gasteiger partial charge in [0, 0.05) is 18.9 Å². The van der Waals surface area contributed by atoms with Crippen LogP contribution in [0, 0.1) is 0 Å². The smallest absolute Gasteiger partial charge is 0.253 e. The molecule has 0 fully saturated rings. The maximum atomic E-state index is 12.4. The van der Waals surface area contributed by atoms with Crippen LogP contribution in [0.2, 0.25) is 0 Å². The van der Waals surface area contributed by atoms with Crippen molar-refractivity contribution in [1.29, 1.82) is 0 Å². The SMILES string of the molecule is O=C(NCc1ccc2c(c1)OCO2)c1cncc(NCc2ccco2)c1. The zero-order chi connectivity index (χ0) is 17.8. The molecule has 0 atom stereocenters. The Morgan fingerprint density at radius 3 is 2.88 bits per heavy atom. The van der Waals surface area contributed by atoms with Gasteiger partial charge >= 0.3 is 0 Å². The third-order valence-corrected chi connectivity index (χ3v) is 3.94. The van der Waals surface area contributed by atoms with Gasteiger partial charge in [-0.1, -0.05) is 6.07 Å². The normalized spacial score (nSPS) is 12.0. The molecule has 3 heterocycles. The van der Waals surface area contributed by atoms with E-state index in [1.165, 1.54) is 6.20 Å². The van der Waals surface area contributed by atoms with Gasteiger partial charge in [0.2, 0.25) is 6.79 Å². The number of anilines is 1. The summed E-state index contributed by atoms with van der Waals surface area (Å²) in [4.78, 5) is 16.5. The summed E-state index contributed by atoms with van der Waals surface area (Å²) in [5.41, 5.74) is 2.16. The van der Waals surface area contributed by atoms with Gasteiger partial charge in [0.25, 0.3) is 5.91 Å². The van der Waals surface area contributed by atoms with E-state index in [1.54, 1.807) is 18.5 Å². The average Bonchev–Trinajstić information content (AvgIpc) is 3.35. The molecule has 0 bridgehead atoms. The van der Waals surface area contributed by atoms with E-state index >= 15 is 0 Å². The maximum absolute atomic E-state index is 12.4. The number of aromatic nitrogens is 1. The fourth-order valence-corrected chi connectivity index (χ4v) is 2.60. The van der Waals surface area contributed by atoms with Crippen LogP contribution < -0.4 is 20.1 Å². The minimum Gasteiger partial charge on any atom is -0.467 e. The maximum Gasteiger partial charge on any atom is 0.253 e. The zero-order valence-electron chi connectivity index (χ0n) is 13.9. The number of amides is 1. The lowest BCUT2D eigenvalue weighted by Gasteiger charge is -2.08. The second kappa shape index (κ2) is 7.18. The summed E-state index contributed by atoms with van der Waals surface area (Å²) in [5, 5.41) is 6.06. The molecule has 0 spiro atoms. The predicted octanol–water partition coefficient (Wildman–Crippen LogP) is 2.95. The molecule has 1 aromatic carbocycles. The van der Waals surface area contributed by atoms with Crippen LogP contribution in [0.3, 0.4) is 0 Å². The van der Waals surface area contributed by atoms with Crippen molar-refractivity contribution >= 4 is 11.6 Å². The molecule has 2 N–H and O–H groups in total. The van der Waals surface area contributed by atoms with Crippen LogP contribution in [0.25, 0.3) is 0 Å². The quantitative estimate of drug-likeness (QED) is 0.710. The van der Waals surface area contributed by atoms with Gasteiger partial charge in [0.15, 0.2) is 11.5 Å². The van der Waals surface area contributed by atoms with Crippen molar-refractivity contribution < 1.29 is 18.7 Å². The number of fused-ring (bicyclic) bond motifs is 1. The molecular formula is C19H17N3O4. The highest BCUT2D eigenvalue weighted by atomic mass is 16.7. The van der Waals surface area contributed by atoms with Crippen LogP contribution in [0.5, 0.6) is 11.5 Å². The Kier molecular flexibility index (Phi) is 4.42. The predicted molar refractivity (Wildman–Crippen MR) is 94.0 cm³/mol. The largest absolute Gasteiger partial charge is 0.467 e. The van der Waals surface area contributed by atoms with E-state index in [-0.39, 0.29) is 12.7 Å². The molecule has 0 saturated heterocycles. The Balaban J connectivity index is 1.36. The first-order valence-corrected chi connectivity index (χ1v) is 8.16. The zero-order valence-corrected chi connectivity index (χ0v) is 13.9. The highest BCUT2D eigenvalue weighted by molar-refractivity contribution is 5.94. The van der Waals surface area contributed by atoms with E-state index < -0.39 is 0 Å². The number of carbonyl (C=O) groups is 1. The van der Waals surface area contributed by atoms with E-state index in [0.717, 1.165) is 22.8 Å². The van der Waals surface area contributed by atoms with Gasteiger partial charge in [-0.15, -0.1) is 0 Å². The van der Waals surface area contributed by atoms with Crippen LogP contribution >= 0.6 is 0 Å². The number of ether oxygens (including phenoxy) is 2. The summed E-state index contributed by atoms with van der Waals surface area (Å²) < 4.78 is 15.9. The van der Waals surface area contributed by atoms with Crippen molar-refractivity contribution in [2.75, 3.05) is 12.1 Å². The average molecular weight is 351 g/mol. The number of furan rings is 1. The number of hydrogen-bond donors (Lipinski definition) is 2. The lowest BCUT2D eigenvalue weighted by atomic mass is 10.2. The first-order valence-electron chi connectivity index (χ1n) is 8.16. The summed E-state index contributed by atoms with van der Waals surface area (Å²) >= 11 is 0. The molecule has 4 rings (SSSR count). The number of rotatable bonds is 6. The molecule has 132 valence electrons. The van der Waals surface area contributed by atoms with Gasteiger partial charge in [-0.25, -0.2) is 0 Å². The minimum absolute atomic E-state index is 0.197. The van der Waals surface area contributed by atoms with Crippen LogP contribution in [-0.4, -0.2) is 17.7 Å². The topological polar surface area (TPSA) is 85.6 Å². The summed E-state index contributed by atoms with van der Waals surface area (Å²) in [5.74, 6) is 2.03. The van der Waals surface area contributed by atoms with Gasteiger partial charge in [0.05, 0.1) is 24.1 Å². The van der Waals surface area contributed by atoms with Crippen LogP contribution in [0.4, 0.5) is 5.69 Å². The Morgan fingerprint density at radius 2 is 2.00 bits per heavy atom. The van der Waals surface area contributed by atoms with Gasteiger partial charge in [-0.2, -0.15) is 0 Å². The lowest BCUT2D eigenvalue weighted by Crippen LogP contribution is -2.23. The summed E-state index contributed by atoms with van der Waals surface area (Å²) in [6.45, 7) is 1.14. The molecule has 0 unspecified atom stereocenters. The Bertz CT molecular complexity index is 909. The fraction of sp³-hybridized carbons (Fsp3) is 0.158. The molecule has 7 heteroatoms. The molecule has 0 saturated carbocycles. The lowest BCUT2D eigenvalue weighted by molar-refractivity contribution is 0.0950. The van der Waals surface area contributed by atoms with Crippen molar-refractivity contribution in [2.45, 2.75) is 13.1 Å². The van der Waals surface area contributed by atoms with Gasteiger partial charge in [0.1, 0.15) is 5.76 Å². The summed E-state index contributed by atoms with van der Waals surface area (Å²) in [6.07, 6.45) is 4.82. The first-order chi connectivity index (χ1) is 12.8. The molecule has 26 heavy (non-hydrogen) atoms. The molecule has 0 radical (unpaired) electrons. The van der Waals surface area contributed by atoms with E-state index in [9.17, 15) is 4.79 Å². The van der Waals surface area contributed by atoms with Gasteiger partial charge < -0.3 is 24.5 Å². The van der Waals surface area contributed by atoms with Crippen LogP contribution in [-0.2, 0) is 13.1 Å². The van der Waals surface area contributed by atoms with E-state index in [0.29, 0.717) is 24.4 Å². The highest BCUT2D eigenvalue weighted by Crippen LogP contribution is 2.32. The van der Waals surface area contributed by atoms with E-state index in [1.807, 2.05) is 30.3 Å². The molecule has 0 aliphatic carbocycles. The van der Waals surface area contributed by atoms with Gasteiger partial charge in [-0.05, 0) is 35.9 Å². The molecule has 2 aromatic heterocycles. The monoisotopic (exact) mass is 351 g/mol. The third kappa shape index (κ3) is 3.61. The highest BCUT2D eigenvalue weighted by Gasteiger charge is 2.14. The van der Waals surface area contributed by atoms with Crippen LogP contribution in [0.1, 0.15) is 21.7 Å². The number of nitrogens with one attached hydrogen (secondary N) is 2. The Hall–Kier alpha value is -3.48. The first kappa shape index (κ1) is 16.0. The van der Waals surface area contributed by atoms with Crippen LogP contribution in [0.15, 0.2) is 59.5 Å². The van der Waals surface area contributed by atoms with Crippen molar-refractivity contribution in [2.24, 2.45) is 0 Å². The van der Waals surface area contributed by atoms with Gasteiger partial charge in [-0.3, -0.25) is 9.78 Å². The van der Waals surface area contributed by atoms with Crippen molar-refractivity contribution in [3.8, 4) is 11.5 Å². The second-order valence-electron chi connectivity index (χ2n) is 5.77. The minimum atomic E-state index is -0.197. The standard InChI is InChI=1S/C19H17N3O4/c23-19(22-8-13-3-4-17-18(6-13)26-12-25-17)14-7-15(10-20-9-14)21-11-16-2-1-5-24-16/h1-7,9-10,21H,8,11-12H2,(H,22,23). The Morgan fingerprint density at radius 1 is 1.08 bits per heavy atom. The number of nitrogens with zero attached hydrogens (tertiary/aromatic N) is 1. The van der Waals surface area contributed by atoms with Crippen molar-refractivity contribution in [1.82, 2.24) is 10.3 Å². The van der Waals surface area contributed by atoms with E-state index in [2.05, 4.69) is 15.6 Å². The van der Waals surface area contributed by atoms with Crippen molar-refractivity contribution in [3.05, 3.63) is 71.9 Å². The number of carbonyl (C=O) groups excluding carboxylic acids is 1. The fourth-order valence-electron chi connectivity index (χ4n) is 2.60. The second-order valence-corrected chi connectivity index (χ2v) is 5.77. The summed E-state index contributed by atoms with van der Waals surface area (Å²) in [7, 11) is 0. The van der Waals surface area contributed by atoms with E-state index in [4.69, 9.17) is 13.9 Å². The van der Waals surface area contributed by atoms with Crippen molar-refractivity contribution in [3.63, 3.8) is 0 Å². The number of hydrogen-bond acceptors (Lipinski definition) is 6.